The SMILES string of the molecule is Cc1ccc(Cl)cc1N1CC(C)NCC1CO. The zero-order valence-electron chi connectivity index (χ0n) is 10.3. The summed E-state index contributed by atoms with van der Waals surface area (Å²) in [6.45, 7) is 6.09. The average Bonchev–Trinajstić information content (AvgIpc) is 2.32. The van der Waals surface area contributed by atoms with Gasteiger partial charge >= 0.3 is 0 Å². The summed E-state index contributed by atoms with van der Waals surface area (Å²) in [5, 5.41) is 13.6. The molecule has 1 heterocycles. The number of halogens is 1. The topological polar surface area (TPSA) is 35.5 Å². The maximum atomic E-state index is 9.45. The van der Waals surface area contributed by atoms with Gasteiger partial charge in [-0.2, -0.15) is 0 Å². The molecule has 1 aliphatic rings. The zero-order chi connectivity index (χ0) is 12.4. The summed E-state index contributed by atoms with van der Waals surface area (Å²) in [5.41, 5.74) is 2.33. The molecule has 2 rings (SSSR count). The van der Waals surface area contributed by atoms with Gasteiger partial charge in [0.1, 0.15) is 0 Å². The smallest absolute Gasteiger partial charge is 0.0647 e. The Morgan fingerprint density at radius 1 is 1.53 bits per heavy atom. The Morgan fingerprint density at radius 2 is 2.29 bits per heavy atom. The van der Waals surface area contributed by atoms with E-state index in [1.165, 1.54) is 5.56 Å². The molecule has 1 aromatic rings. The number of aryl methyl sites for hydroxylation is 1. The standard InChI is InChI=1S/C13H19ClN2O/c1-9-3-4-11(14)5-13(9)16-7-10(2)15-6-12(16)8-17/h3-5,10,12,15,17H,6-8H2,1-2H3. The van der Waals surface area contributed by atoms with Crippen LogP contribution < -0.4 is 10.2 Å². The maximum absolute atomic E-state index is 9.45. The van der Waals surface area contributed by atoms with Gasteiger partial charge in [0.15, 0.2) is 0 Å². The van der Waals surface area contributed by atoms with Crippen molar-refractivity contribution in [2.45, 2.75) is 25.9 Å². The van der Waals surface area contributed by atoms with Crippen LogP contribution in [0.1, 0.15) is 12.5 Å². The molecule has 17 heavy (non-hydrogen) atoms. The van der Waals surface area contributed by atoms with E-state index in [0.29, 0.717) is 6.04 Å². The first kappa shape index (κ1) is 12.7. The molecule has 0 spiro atoms. The molecule has 0 saturated carbocycles. The minimum Gasteiger partial charge on any atom is -0.394 e. The fourth-order valence-electron chi connectivity index (χ4n) is 2.31. The minimum atomic E-state index is 0.128. The lowest BCUT2D eigenvalue weighted by Gasteiger charge is -2.41. The monoisotopic (exact) mass is 254 g/mol. The number of anilines is 1. The number of nitrogens with zero attached hydrogens (tertiary/aromatic N) is 1. The van der Waals surface area contributed by atoms with Crippen LogP contribution in [0.15, 0.2) is 18.2 Å². The van der Waals surface area contributed by atoms with E-state index in [2.05, 4.69) is 24.1 Å². The van der Waals surface area contributed by atoms with Gasteiger partial charge in [-0.05, 0) is 31.5 Å². The van der Waals surface area contributed by atoms with Gasteiger partial charge in [-0.1, -0.05) is 17.7 Å². The third-order valence-electron chi connectivity index (χ3n) is 3.30. The van der Waals surface area contributed by atoms with E-state index in [0.717, 1.165) is 23.8 Å². The Bertz CT molecular complexity index is 397. The van der Waals surface area contributed by atoms with Crippen LogP contribution in [0.3, 0.4) is 0 Å². The van der Waals surface area contributed by atoms with Gasteiger partial charge in [0.05, 0.1) is 12.6 Å². The molecule has 1 aromatic carbocycles. The normalized spacial score (nSPS) is 25.1. The number of rotatable bonds is 2. The zero-order valence-corrected chi connectivity index (χ0v) is 11.0. The second-order valence-corrected chi connectivity index (χ2v) is 5.17. The van der Waals surface area contributed by atoms with Crippen LogP contribution in [-0.4, -0.2) is 36.9 Å². The first-order chi connectivity index (χ1) is 8.11. The highest BCUT2D eigenvalue weighted by atomic mass is 35.5. The Morgan fingerprint density at radius 3 is 3.00 bits per heavy atom. The minimum absolute atomic E-state index is 0.128. The summed E-state index contributed by atoms with van der Waals surface area (Å²) in [5.74, 6) is 0. The molecule has 94 valence electrons. The van der Waals surface area contributed by atoms with E-state index >= 15 is 0 Å². The Balaban J connectivity index is 2.31. The van der Waals surface area contributed by atoms with E-state index in [9.17, 15) is 5.11 Å². The van der Waals surface area contributed by atoms with E-state index in [4.69, 9.17) is 11.6 Å². The van der Waals surface area contributed by atoms with Gasteiger partial charge < -0.3 is 15.3 Å². The van der Waals surface area contributed by atoms with Crippen LogP contribution >= 0.6 is 11.6 Å². The van der Waals surface area contributed by atoms with Crippen LogP contribution in [0, 0.1) is 6.92 Å². The Kier molecular flexibility index (Phi) is 3.92. The molecule has 0 amide bonds. The second-order valence-electron chi connectivity index (χ2n) is 4.73. The van der Waals surface area contributed by atoms with Crippen molar-refractivity contribution >= 4 is 17.3 Å². The number of hydrogen-bond acceptors (Lipinski definition) is 3. The van der Waals surface area contributed by atoms with E-state index in [1.54, 1.807) is 0 Å². The highest BCUT2D eigenvalue weighted by molar-refractivity contribution is 6.30. The number of nitrogens with one attached hydrogen (secondary N) is 1. The summed E-state index contributed by atoms with van der Waals surface area (Å²) < 4.78 is 0. The number of benzene rings is 1. The number of hydrogen-bond donors (Lipinski definition) is 2. The third-order valence-corrected chi connectivity index (χ3v) is 3.54. The van der Waals surface area contributed by atoms with Crippen molar-refractivity contribution in [3.63, 3.8) is 0 Å². The van der Waals surface area contributed by atoms with E-state index < -0.39 is 0 Å². The van der Waals surface area contributed by atoms with Crippen molar-refractivity contribution in [2.24, 2.45) is 0 Å². The lowest BCUT2D eigenvalue weighted by atomic mass is 10.1. The molecule has 0 bridgehead atoms. The molecular formula is C13H19ClN2O. The molecule has 2 N–H and O–H groups in total. The largest absolute Gasteiger partial charge is 0.394 e. The maximum Gasteiger partial charge on any atom is 0.0647 e. The molecular weight excluding hydrogens is 236 g/mol. The quantitative estimate of drug-likeness (QED) is 0.845. The average molecular weight is 255 g/mol. The van der Waals surface area contributed by atoms with Gasteiger partial charge in [-0.15, -0.1) is 0 Å². The van der Waals surface area contributed by atoms with Crippen LogP contribution in [0.4, 0.5) is 5.69 Å². The molecule has 0 aliphatic carbocycles. The van der Waals surface area contributed by atoms with Crippen molar-refractivity contribution in [3.8, 4) is 0 Å². The van der Waals surface area contributed by atoms with Crippen LogP contribution in [-0.2, 0) is 0 Å². The lowest BCUT2D eigenvalue weighted by Crippen LogP contribution is -2.57. The van der Waals surface area contributed by atoms with Gasteiger partial charge in [0.25, 0.3) is 0 Å². The van der Waals surface area contributed by atoms with E-state index in [1.807, 2.05) is 18.2 Å². The van der Waals surface area contributed by atoms with Gasteiger partial charge in [0.2, 0.25) is 0 Å². The molecule has 1 saturated heterocycles. The van der Waals surface area contributed by atoms with Crippen LogP contribution in [0.2, 0.25) is 5.02 Å². The van der Waals surface area contributed by atoms with Crippen LogP contribution in [0.25, 0.3) is 0 Å². The number of aliphatic hydroxyl groups is 1. The molecule has 0 radical (unpaired) electrons. The predicted octanol–water partition coefficient (Wildman–Crippen LogP) is 1.81. The number of aliphatic hydroxyl groups excluding tert-OH is 1. The van der Waals surface area contributed by atoms with Gasteiger partial charge in [0, 0.05) is 29.8 Å². The summed E-state index contributed by atoms with van der Waals surface area (Å²) >= 11 is 6.06. The molecule has 4 heteroatoms. The predicted molar refractivity (Wildman–Crippen MR) is 71.9 cm³/mol. The number of piperazine rings is 1. The highest BCUT2D eigenvalue weighted by Crippen LogP contribution is 2.27. The lowest BCUT2D eigenvalue weighted by molar-refractivity contribution is 0.237. The van der Waals surface area contributed by atoms with Crippen LogP contribution in [0.5, 0.6) is 0 Å². The summed E-state index contributed by atoms with van der Waals surface area (Å²) in [6, 6.07) is 6.47. The second kappa shape index (κ2) is 5.25. The van der Waals surface area contributed by atoms with Crippen molar-refractivity contribution < 1.29 is 5.11 Å². The molecule has 0 aromatic heterocycles. The Labute approximate surface area is 107 Å². The van der Waals surface area contributed by atoms with Gasteiger partial charge in [-0.25, -0.2) is 0 Å². The molecule has 2 unspecified atom stereocenters. The molecule has 1 fully saturated rings. The fraction of sp³-hybridized carbons (Fsp3) is 0.538. The van der Waals surface area contributed by atoms with Crippen molar-refractivity contribution in [1.82, 2.24) is 5.32 Å². The molecule has 3 nitrogen and oxygen atoms in total. The first-order valence-corrected chi connectivity index (χ1v) is 6.36. The third kappa shape index (κ3) is 2.73. The summed E-state index contributed by atoms with van der Waals surface area (Å²) in [6.07, 6.45) is 0. The van der Waals surface area contributed by atoms with Gasteiger partial charge in [-0.3, -0.25) is 0 Å². The molecule has 1 aliphatic heterocycles. The van der Waals surface area contributed by atoms with Crippen molar-refractivity contribution in [1.29, 1.82) is 0 Å². The Hall–Kier alpha value is -0.770. The highest BCUT2D eigenvalue weighted by Gasteiger charge is 2.26. The fourth-order valence-corrected chi connectivity index (χ4v) is 2.47. The van der Waals surface area contributed by atoms with Crippen molar-refractivity contribution in [2.75, 3.05) is 24.6 Å². The first-order valence-electron chi connectivity index (χ1n) is 5.99. The molecule has 2 atom stereocenters. The van der Waals surface area contributed by atoms with Crippen molar-refractivity contribution in [3.05, 3.63) is 28.8 Å². The van der Waals surface area contributed by atoms with E-state index in [-0.39, 0.29) is 12.6 Å². The summed E-state index contributed by atoms with van der Waals surface area (Å²) in [7, 11) is 0. The summed E-state index contributed by atoms with van der Waals surface area (Å²) in [4.78, 5) is 2.25.